The van der Waals surface area contributed by atoms with Gasteiger partial charge in [-0.25, -0.2) is 4.79 Å². The van der Waals surface area contributed by atoms with Gasteiger partial charge in [0, 0.05) is 11.1 Å². The van der Waals surface area contributed by atoms with Crippen LogP contribution in [0.1, 0.15) is 24.3 Å². The minimum atomic E-state index is -0.636. The van der Waals surface area contributed by atoms with E-state index in [1.54, 1.807) is 25.1 Å². The van der Waals surface area contributed by atoms with Crippen molar-refractivity contribution in [3.63, 3.8) is 0 Å². The maximum atomic E-state index is 11.8. The largest absolute Gasteiger partial charge is 0.452 e. The van der Waals surface area contributed by atoms with E-state index in [-0.39, 0.29) is 12.6 Å². The molecule has 0 aliphatic rings. The number of amides is 1. The molecule has 1 heterocycles. The van der Waals surface area contributed by atoms with Crippen molar-refractivity contribution in [3.05, 3.63) is 63.5 Å². The van der Waals surface area contributed by atoms with E-state index in [2.05, 4.69) is 21.2 Å². The summed E-state index contributed by atoms with van der Waals surface area (Å²) in [5.41, 5.74) is 0.794. The van der Waals surface area contributed by atoms with E-state index in [4.69, 9.17) is 20.8 Å². The number of carbonyl (C=O) groups is 2. The van der Waals surface area contributed by atoms with E-state index in [1.165, 1.54) is 12.2 Å². The van der Waals surface area contributed by atoms with Crippen molar-refractivity contribution in [1.82, 2.24) is 5.32 Å². The smallest absolute Gasteiger partial charge is 0.331 e. The second-order valence-electron chi connectivity index (χ2n) is 4.89. The number of furan rings is 1. The summed E-state index contributed by atoms with van der Waals surface area (Å²) in [6.07, 6.45) is 2.65. The molecule has 1 aromatic carbocycles. The summed E-state index contributed by atoms with van der Waals surface area (Å²) in [6, 6.07) is 10.3. The van der Waals surface area contributed by atoms with E-state index in [9.17, 15) is 9.59 Å². The van der Waals surface area contributed by atoms with Gasteiger partial charge in [0.25, 0.3) is 5.91 Å². The third kappa shape index (κ3) is 5.54. The summed E-state index contributed by atoms with van der Waals surface area (Å²) in [5.74, 6) is -0.552. The maximum Gasteiger partial charge on any atom is 0.331 e. The standard InChI is InChI=1S/C17H15BrClNO4/c1-11(13-4-2-3-5-14(13)19)20-16(21)10-23-17(22)9-7-12-6-8-15(18)24-12/h2-9,11H,10H2,1H3,(H,20,21)/b9-7+/t11-/m1/s1. The van der Waals surface area contributed by atoms with Crippen LogP contribution in [-0.2, 0) is 14.3 Å². The molecule has 126 valence electrons. The molecule has 1 N–H and O–H groups in total. The van der Waals surface area contributed by atoms with E-state index >= 15 is 0 Å². The highest BCUT2D eigenvalue weighted by Crippen LogP contribution is 2.21. The Morgan fingerprint density at radius 3 is 2.75 bits per heavy atom. The summed E-state index contributed by atoms with van der Waals surface area (Å²) in [7, 11) is 0. The predicted molar refractivity (Wildman–Crippen MR) is 94.4 cm³/mol. The first kappa shape index (κ1) is 18.3. The molecule has 0 aliphatic heterocycles. The van der Waals surface area contributed by atoms with Crippen LogP contribution < -0.4 is 5.32 Å². The van der Waals surface area contributed by atoms with Crippen molar-refractivity contribution < 1.29 is 18.7 Å². The summed E-state index contributed by atoms with van der Waals surface area (Å²) in [5, 5.41) is 3.28. The van der Waals surface area contributed by atoms with Gasteiger partial charge >= 0.3 is 5.97 Å². The van der Waals surface area contributed by atoms with Crippen LogP contribution in [0.3, 0.4) is 0 Å². The Labute approximate surface area is 152 Å². The lowest BCUT2D eigenvalue weighted by Crippen LogP contribution is -2.31. The van der Waals surface area contributed by atoms with Gasteiger partial charge in [-0.3, -0.25) is 4.79 Å². The Hall–Kier alpha value is -2.05. The zero-order chi connectivity index (χ0) is 17.5. The first-order chi connectivity index (χ1) is 11.5. The molecule has 1 atom stereocenters. The van der Waals surface area contributed by atoms with Crippen LogP contribution in [0.25, 0.3) is 6.08 Å². The molecule has 1 amide bonds. The van der Waals surface area contributed by atoms with Crippen LogP contribution in [0.2, 0.25) is 5.02 Å². The molecule has 0 radical (unpaired) electrons. The molecule has 0 aliphatic carbocycles. The number of hydrogen-bond acceptors (Lipinski definition) is 4. The number of rotatable bonds is 6. The molecule has 0 saturated heterocycles. The first-order valence-electron chi connectivity index (χ1n) is 7.09. The van der Waals surface area contributed by atoms with Crippen LogP contribution in [0, 0.1) is 0 Å². The van der Waals surface area contributed by atoms with Gasteiger partial charge in [0.15, 0.2) is 11.3 Å². The highest BCUT2D eigenvalue weighted by Gasteiger charge is 2.13. The summed E-state index contributed by atoms with van der Waals surface area (Å²) < 4.78 is 10.6. The van der Waals surface area contributed by atoms with Crippen molar-refractivity contribution in [2.75, 3.05) is 6.61 Å². The number of nitrogens with one attached hydrogen (secondary N) is 1. The Morgan fingerprint density at radius 2 is 2.08 bits per heavy atom. The summed E-state index contributed by atoms with van der Waals surface area (Å²) in [6.45, 7) is 1.43. The fourth-order valence-corrected chi connectivity index (χ4v) is 2.56. The molecule has 0 saturated carbocycles. The third-order valence-electron chi connectivity index (χ3n) is 3.07. The lowest BCUT2D eigenvalue weighted by molar-refractivity contribution is -0.144. The van der Waals surface area contributed by atoms with E-state index in [0.717, 1.165) is 5.56 Å². The Morgan fingerprint density at radius 1 is 1.33 bits per heavy atom. The fraction of sp³-hybridized carbons (Fsp3) is 0.176. The summed E-state index contributed by atoms with van der Waals surface area (Å²) in [4.78, 5) is 23.4. The Kier molecular flexibility index (Phi) is 6.63. The second kappa shape index (κ2) is 8.70. The van der Waals surface area contributed by atoms with Crippen LogP contribution in [0.15, 0.2) is 51.6 Å². The average molecular weight is 413 g/mol. The van der Waals surface area contributed by atoms with Crippen LogP contribution in [0.5, 0.6) is 0 Å². The molecule has 0 unspecified atom stereocenters. The molecule has 0 spiro atoms. The van der Waals surface area contributed by atoms with Gasteiger partial charge in [-0.2, -0.15) is 0 Å². The molecular weight excluding hydrogens is 398 g/mol. The topological polar surface area (TPSA) is 68.5 Å². The van der Waals surface area contributed by atoms with Crippen molar-refractivity contribution in [3.8, 4) is 0 Å². The minimum Gasteiger partial charge on any atom is -0.452 e. The zero-order valence-corrected chi connectivity index (χ0v) is 15.1. The SMILES string of the molecule is C[C@@H](NC(=O)COC(=O)/C=C/c1ccc(Br)o1)c1ccccc1Cl. The van der Waals surface area contributed by atoms with Crippen LogP contribution >= 0.6 is 27.5 Å². The van der Waals surface area contributed by atoms with E-state index in [0.29, 0.717) is 15.5 Å². The van der Waals surface area contributed by atoms with E-state index in [1.807, 2.05) is 18.2 Å². The molecule has 0 bridgehead atoms. The molecule has 0 fully saturated rings. The van der Waals surface area contributed by atoms with Gasteiger partial charge in [0.2, 0.25) is 0 Å². The normalized spacial score (nSPS) is 12.1. The molecule has 24 heavy (non-hydrogen) atoms. The molecular formula is C17H15BrClNO4. The number of ether oxygens (including phenoxy) is 1. The predicted octanol–water partition coefficient (Wildman–Crippen LogP) is 4.13. The summed E-state index contributed by atoms with van der Waals surface area (Å²) >= 11 is 9.23. The van der Waals surface area contributed by atoms with Gasteiger partial charge in [-0.1, -0.05) is 29.8 Å². The van der Waals surface area contributed by atoms with Crippen LogP contribution in [0.4, 0.5) is 0 Å². The first-order valence-corrected chi connectivity index (χ1v) is 8.27. The third-order valence-corrected chi connectivity index (χ3v) is 3.84. The maximum absolute atomic E-state index is 11.8. The van der Waals surface area contributed by atoms with Crippen molar-refractivity contribution in [1.29, 1.82) is 0 Å². The highest BCUT2D eigenvalue weighted by atomic mass is 79.9. The molecule has 2 aromatic rings. The lowest BCUT2D eigenvalue weighted by Gasteiger charge is -2.15. The minimum absolute atomic E-state index is 0.291. The number of esters is 1. The number of carbonyl (C=O) groups excluding carboxylic acids is 2. The quantitative estimate of drug-likeness (QED) is 0.572. The van der Waals surface area contributed by atoms with Gasteiger partial charge < -0.3 is 14.5 Å². The monoisotopic (exact) mass is 411 g/mol. The Bertz CT molecular complexity index is 757. The lowest BCUT2D eigenvalue weighted by atomic mass is 10.1. The molecule has 7 heteroatoms. The van der Waals surface area contributed by atoms with Gasteiger partial charge in [0.1, 0.15) is 5.76 Å². The van der Waals surface area contributed by atoms with Gasteiger partial charge in [-0.05, 0) is 52.7 Å². The van der Waals surface area contributed by atoms with Crippen molar-refractivity contribution in [2.24, 2.45) is 0 Å². The number of hydrogen-bond donors (Lipinski definition) is 1. The molecule has 2 rings (SSSR count). The Balaban J connectivity index is 1.79. The molecule has 1 aromatic heterocycles. The van der Waals surface area contributed by atoms with Gasteiger partial charge in [0.05, 0.1) is 6.04 Å². The fourth-order valence-electron chi connectivity index (χ4n) is 1.94. The zero-order valence-electron chi connectivity index (χ0n) is 12.8. The van der Waals surface area contributed by atoms with Crippen molar-refractivity contribution in [2.45, 2.75) is 13.0 Å². The van der Waals surface area contributed by atoms with Crippen LogP contribution in [-0.4, -0.2) is 18.5 Å². The second-order valence-corrected chi connectivity index (χ2v) is 6.08. The molecule has 5 nitrogen and oxygen atoms in total. The van der Waals surface area contributed by atoms with Gasteiger partial charge in [-0.15, -0.1) is 0 Å². The van der Waals surface area contributed by atoms with E-state index < -0.39 is 11.9 Å². The number of benzene rings is 1. The highest BCUT2D eigenvalue weighted by molar-refractivity contribution is 9.10. The average Bonchev–Trinajstić information content (AvgIpc) is 2.96. The number of halogens is 2. The van der Waals surface area contributed by atoms with Crippen molar-refractivity contribution >= 4 is 45.5 Å².